The summed E-state index contributed by atoms with van der Waals surface area (Å²) in [6.07, 6.45) is 0. The molecule has 0 amide bonds. The summed E-state index contributed by atoms with van der Waals surface area (Å²) in [6.45, 7) is 0. The third-order valence-corrected chi connectivity index (χ3v) is 5.91. The van der Waals surface area contributed by atoms with Gasteiger partial charge in [-0.1, -0.05) is 36.0 Å². The van der Waals surface area contributed by atoms with E-state index in [1.807, 2.05) is 91.8 Å². The molecule has 152 valence electrons. The molecule has 1 heterocycles. The first-order chi connectivity index (χ1) is 14.6. The van der Waals surface area contributed by atoms with Crippen molar-refractivity contribution < 1.29 is 4.74 Å². The summed E-state index contributed by atoms with van der Waals surface area (Å²) < 4.78 is 6.94. The third-order valence-electron chi connectivity index (χ3n) is 4.90. The Morgan fingerprint density at radius 3 is 2.33 bits per heavy atom. The Hall–Kier alpha value is -3.25. The van der Waals surface area contributed by atoms with Gasteiger partial charge in [-0.25, -0.2) is 4.98 Å². The van der Waals surface area contributed by atoms with Crippen molar-refractivity contribution in [2.24, 2.45) is 0 Å². The Morgan fingerprint density at radius 1 is 0.967 bits per heavy atom. The molecule has 30 heavy (non-hydrogen) atoms. The SMILES string of the molecule is COc1ccc(CSc2nc3ccccc3c(=O)n2-c2ccc(N(C)C)cc2)cc1. The van der Waals surface area contributed by atoms with Crippen molar-refractivity contribution in [3.63, 3.8) is 0 Å². The first-order valence-corrected chi connectivity index (χ1v) is 10.6. The molecule has 0 aliphatic rings. The number of methoxy groups -OCH3 is 1. The fraction of sp³-hybridized carbons (Fsp3) is 0.167. The monoisotopic (exact) mass is 417 g/mol. The van der Waals surface area contributed by atoms with Crippen LogP contribution in [0.15, 0.2) is 82.7 Å². The molecule has 0 fully saturated rings. The number of nitrogens with zero attached hydrogens (tertiary/aromatic N) is 3. The van der Waals surface area contributed by atoms with Gasteiger partial charge in [0.2, 0.25) is 0 Å². The van der Waals surface area contributed by atoms with E-state index in [9.17, 15) is 4.79 Å². The van der Waals surface area contributed by atoms with Gasteiger partial charge in [-0.2, -0.15) is 0 Å². The molecule has 0 saturated carbocycles. The summed E-state index contributed by atoms with van der Waals surface area (Å²) in [4.78, 5) is 20.2. The molecule has 1 aromatic heterocycles. The number of fused-ring (bicyclic) bond motifs is 1. The van der Waals surface area contributed by atoms with Crippen LogP contribution in [0.2, 0.25) is 0 Å². The number of rotatable bonds is 6. The van der Waals surface area contributed by atoms with Crippen LogP contribution < -0.4 is 15.2 Å². The molecule has 3 aromatic carbocycles. The first kappa shape index (κ1) is 20.0. The van der Waals surface area contributed by atoms with Gasteiger partial charge < -0.3 is 9.64 Å². The van der Waals surface area contributed by atoms with E-state index in [0.717, 1.165) is 22.7 Å². The fourth-order valence-corrected chi connectivity index (χ4v) is 4.17. The minimum atomic E-state index is -0.0598. The van der Waals surface area contributed by atoms with Crippen molar-refractivity contribution in [3.8, 4) is 11.4 Å². The Balaban J connectivity index is 1.76. The van der Waals surface area contributed by atoms with E-state index in [1.165, 1.54) is 0 Å². The number of aromatic nitrogens is 2. The highest BCUT2D eigenvalue weighted by Gasteiger charge is 2.14. The predicted molar refractivity (Wildman–Crippen MR) is 124 cm³/mol. The molecule has 0 aliphatic carbocycles. The van der Waals surface area contributed by atoms with E-state index in [1.54, 1.807) is 23.4 Å². The van der Waals surface area contributed by atoms with Crippen molar-refractivity contribution in [3.05, 3.63) is 88.7 Å². The quantitative estimate of drug-likeness (QED) is 0.335. The second-order valence-corrected chi connectivity index (χ2v) is 8.04. The zero-order valence-corrected chi connectivity index (χ0v) is 18.0. The summed E-state index contributed by atoms with van der Waals surface area (Å²) >= 11 is 1.55. The fourth-order valence-electron chi connectivity index (χ4n) is 3.21. The molecule has 0 aliphatic heterocycles. The number of thioether (sulfide) groups is 1. The lowest BCUT2D eigenvalue weighted by Crippen LogP contribution is -2.22. The molecular weight excluding hydrogens is 394 g/mol. The normalized spacial score (nSPS) is 10.9. The van der Waals surface area contributed by atoms with E-state index in [4.69, 9.17) is 9.72 Å². The van der Waals surface area contributed by atoms with E-state index in [0.29, 0.717) is 21.8 Å². The van der Waals surface area contributed by atoms with Crippen LogP contribution in [0.25, 0.3) is 16.6 Å². The summed E-state index contributed by atoms with van der Waals surface area (Å²) in [6, 6.07) is 23.4. The molecule has 4 aromatic rings. The van der Waals surface area contributed by atoms with Crippen LogP contribution >= 0.6 is 11.8 Å². The third kappa shape index (κ3) is 4.04. The van der Waals surface area contributed by atoms with Gasteiger partial charge >= 0.3 is 0 Å². The second kappa shape index (κ2) is 8.63. The average molecular weight is 418 g/mol. The molecule has 0 spiro atoms. The summed E-state index contributed by atoms with van der Waals surface area (Å²) in [7, 11) is 5.65. The molecule has 0 atom stereocenters. The zero-order valence-electron chi connectivity index (χ0n) is 17.2. The van der Waals surface area contributed by atoms with Gasteiger partial charge in [-0.05, 0) is 54.1 Å². The highest BCUT2D eigenvalue weighted by atomic mass is 32.2. The Morgan fingerprint density at radius 2 is 1.67 bits per heavy atom. The Kier molecular flexibility index (Phi) is 5.77. The second-order valence-electron chi connectivity index (χ2n) is 7.10. The topological polar surface area (TPSA) is 47.4 Å². The van der Waals surface area contributed by atoms with Gasteiger partial charge in [0.1, 0.15) is 5.75 Å². The molecular formula is C24H23N3O2S. The van der Waals surface area contributed by atoms with Crippen LogP contribution in [-0.4, -0.2) is 30.8 Å². The molecule has 0 N–H and O–H groups in total. The molecule has 0 bridgehead atoms. The maximum absolute atomic E-state index is 13.3. The molecule has 5 nitrogen and oxygen atoms in total. The highest BCUT2D eigenvalue weighted by molar-refractivity contribution is 7.98. The predicted octanol–water partition coefficient (Wildman–Crippen LogP) is 4.75. The van der Waals surface area contributed by atoms with Gasteiger partial charge in [-0.15, -0.1) is 0 Å². The largest absolute Gasteiger partial charge is 0.497 e. The number of hydrogen-bond donors (Lipinski definition) is 0. The van der Waals surface area contributed by atoms with Crippen LogP contribution in [-0.2, 0) is 5.75 Å². The molecule has 0 radical (unpaired) electrons. The van der Waals surface area contributed by atoms with Crippen molar-refractivity contribution >= 4 is 28.4 Å². The van der Waals surface area contributed by atoms with Gasteiger partial charge in [0.05, 0.1) is 23.7 Å². The Labute approximate surface area is 179 Å². The van der Waals surface area contributed by atoms with Crippen LogP contribution in [0.1, 0.15) is 5.56 Å². The molecule has 0 saturated heterocycles. The summed E-state index contributed by atoms with van der Waals surface area (Å²) in [5.74, 6) is 1.52. The van der Waals surface area contributed by atoms with E-state index in [-0.39, 0.29) is 5.56 Å². The lowest BCUT2D eigenvalue weighted by molar-refractivity contribution is 0.414. The Bertz CT molecular complexity index is 1220. The molecule has 0 unspecified atom stereocenters. The lowest BCUT2D eigenvalue weighted by atomic mass is 10.2. The first-order valence-electron chi connectivity index (χ1n) is 9.62. The van der Waals surface area contributed by atoms with E-state index in [2.05, 4.69) is 0 Å². The van der Waals surface area contributed by atoms with Crippen molar-refractivity contribution in [1.29, 1.82) is 0 Å². The van der Waals surface area contributed by atoms with Gasteiger partial charge in [0.15, 0.2) is 5.16 Å². The number of ether oxygens (including phenoxy) is 1. The van der Waals surface area contributed by atoms with E-state index < -0.39 is 0 Å². The number of anilines is 1. The van der Waals surface area contributed by atoms with E-state index >= 15 is 0 Å². The number of hydrogen-bond acceptors (Lipinski definition) is 5. The summed E-state index contributed by atoms with van der Waals surface area (Å²) in [5.41, 5.74) is 3.67. The van der Waals surface area contributed by atoms with Crippen LogP contribution in [0.5, 0.6) is 5.75 Å². The zero-order chi connectivity index (χ0) is 21.1. The smallest absolute Gasteiger partial charge is 0.266 e. The molecule has 6 heteroatoms. The lowest BCUT2D eigenvalue weighted by Gasteiger charge is -2.16. The maximum Gasteiger partial charge on any atom is 0.266 e. The van der Waals surface area contributed by atoms with Crippen LogP contribution in [0, 0.1) is 0 Å². The number of para-hydroxylation sites is 1. The average Bonchev–Trinajstić information content (AvgIpc) is 2.78. The maximum atomic E-state index is 13.3. The minimum Gasteiger partial charge on any atom is -0.497 e. The standard InChI is InChI=1S/C24H23N3O2S/c1-26(2)18-10-12-19(13-11-18)27-23(28)21-6-4-5-7-22(21)25-24(27)30-16-17-8-14-20(29-3)15-9-17/h4-15H,16H2,1-3H3. The van der Waals surface area contributed by atoms with Crippen LogP contribution in [0.4, 0.5) is 5.69 Å². The number of benzene rings is 3. The van der Waals surface area contributed by atoms with Gasteiger partial charge in [0, 0.05) is 25.5 Å². The van der Waals surface area contributed by atoms with Crippen molar-refractivity contribution in [2.75, 3.05) is 26.1 Å². The van der Waals surface area contributed by atoms with Crippen molar-refractivity contribution in [2.45, 2.75) is 10.9 Å². The molecule has 4 rings (SSSR count). The minimum absolute atomic E-state index is 0.0598. The van der Waals surface area contributed by atoms with Gasteiger partial charge in [-0.3, -0.25) is 9.36 Å². The van der Waals surface area contributed by atoms with Crippen molar-refractivity contribution in [1.82, 2.24) is 9.55 Å². The highest BCUT2D eigenvalue weighted by Crippen LogP contribution is 2.26. The van der Waals surface area contributed by atoms with Gasteiger partial charge in [0.25, 0.3) is 5.56 Å². The summed E-state index contributed by atoms with van der Waals surface area (Å²) in [5, 5.41) is 1.29. The van der Waals surface area contributed by atoms with Crippen LogP contribution in [0.3, 0.4) is 0 Å².